The second-order valence-corrected chi connectivity index (χ2v) is 5.77. The van der Waals surface area contributed by atoms with Gasteiger partial charge in [0.2, 0.25) is 5.91 Å². The number of benzene rings is 1. The Balaban J connectivity index is 2.24. The normalized spacial score (nSPS) is 27.0. The summed E-state index contributed by atoms with van der Waals surface area (Å²) in [6.07, 6.45) is 3.34. The van der Waals surface area contributed by atoms with Crippen LogP contribution in [0.1, 0.15) is 38.2 Å². The molecule has 3 nitrogen and oxygen atoms in total. The highest BCUT2D eigenvalue weighted by molar-refractivity contribution is 5.88. The van der Waals surface area contributed by atoms with Gasteiger partial charge in [0.1, 0.15) is 11.4 Å². The number of primary amides is 1. The molecule has 104 valence electrons. The lowest BCUT2D eigenvalue weighted by atomic mass is 9.76. The van der Waals surface area contributed by atoms with Crippen molar-refractivity contribution in [2.45, 2.75) is 45.1 Å². The summed E-state index contributed by atoms with van der Waals surface area (Å²) in [5, 5.41) is 3.18. The van der Waals surface area contributed by atoms with E-state index < -0.39 is 5.54 Å². The van der Waals surface area contributed by atoms with Crippen molar-refractivity contribution in [3.63, 3.8) is 0 Å². The van der Waals surface area contributed by atoms with E-state index in [0.717, 1.165) is 18.4 Å². The number of anilines is 1. The molecule has 1 aromatic carbocycles. The van der Waals surface area contributed by atoms with Crippen molar-refractivity contribution in [2.75, 3.05) is 5.32 Å². The van der Waals surface area contributed by atoms with E-state index >= 15 is 0 Å². The third-order valence-corrected chi connectivity index (χ3v) is 4.03. The number of halogens is 1. The van der Waals surface area contributed by atoms with Gasteiger partial charge in [0.15, 0.2) is 0 Å². The van der Waals surface area contributed by atoms with Gasteiger partial charge in [-0.15, -0.1) is 0 Å². The molecule has 0 heterocycles. The molecule has 0 bridgehead atoms. The summed E-state index contributed by atoms with van der Waals surface area (Å²) in [6.45, 7) is 4.01. The van der Waals surface area contributed by atoms with E-state index in [1.165, 1.54) is 12.1 Å². The van der Waals surface area contributed by atoms with Crippen molar-refractivity contribution in [3.8, 4) is 0 Å². The van der Waals surface area contributed by atoms with Gasteiger partial charge in [0.05, 0.1) is 0 Å². The van der Waals surface area contributed by atoms with Gasteiger partial charge < -0.3 is 11.1 Å². The van der Waals surface area contributed by atoms with Gasteiger partial charge in [-0.3, -0.25) is 4.79 Å². The summed E-state index contributed by atoms with van der Waals surface area (Å²) in [7, 11) is 0. The topological polar surface area (TPSA) is 55.1 Å². The number of amides is 1. The van der Waals surface area contributed by atoms with Crippen LogP contribution < -0.4 is 11.1 Å². The Morgan fingerprint density at radius 1 is 1.37 bits per heavy atom. The monoisotopic (exact) mass is 264 g/mol. The molecule has 4 heteroatoms. The molecule has 0 aromatic heterocycles. The van der Waals surface area contributed by atoms with Crippen molar-refractivity contribution in [2.24, 2.45) is 11.7 Å². The molecular weight excluding hydrogens is 243 g/mol. The molecule has 0 atom stereocenters. The summed E-state index contributed by atoms with van der Waals surface area (Å²) in [6, 6.07) is 4.71. The largest absolute Gasteiger partial charge is 0.371 e. The highest BCUT2D eigenvalue weighted by Gasteiger charge is 2.39. The Hall–Kier alpha value is -1.58. The molecule has 0 aliphatic heterocycles. The van der Waals surface area contributed by atoms with Gasteiger partial charge >= 0.3 is 0 Å². The predicted molar refractivity (Wildman–Crippen MR) is 74.3 cm³/mol. The number of nitrogens with one attached hydrogen (secondary N) is 1. The predicted octanol–water partition coefficient (Wildman–Crippen LogP) is 2.98. The van der Waals surface area contributed by atoms with E-state index in [2.05, 4.69) is 12.2 Å². The van der Waals surface area contributed by atoms with Crippen LogP contribution in [-0.2, 0) is 4.79 Å². The first-order valence-corrected chi connectivity index (χ1v) is 6.76. The Morgan fingerprint density at radius 2 is 2.00 bits per heavy atom. The number of carbonyl (C=O) groups is 1. The van der Waals surface area contributed by atoms with Gasteiger partial charge in [-0.1, -0.05) is 6.92 Å². The van der Waals surface area contributed by atoms with Crippen molar-refractivity contribution in [3.05, 3.63) is 29.6 Å². The molecule has 1 aliphatic rings. The molecule has 1 amide bonds. The third kappa shape index (κ3) is 3.06. The average Bonchev–Trinajstić information content (AvgIpc) is 2.31. The van der Waals surface area contributed by atoms with Gasteiger partial charge in [0.25, 0.3) is 0 Å². The lowest BCUT2D eigenvalue weighted by Gasteiger charge is -2.38. The number of hydrogen-bond donors (Lipinski definition) is 2. The Kier molecular flexibility index (Phi) is 3.78. The molecule has 0 radical (unpaired) electrons. The molecule has 1 aliphatic carbocycles. The average molecular weight is 264 g/mol. The maximum atomic E-state index is 13.4. The van der Waals surface area contributed by atoms with Crippen molar-refractivity contribution in [1.82, 2.24) is 0 Å². The molecule has 0 unspecified atom stereocenters. The zero-order valence-electron chi connectivity index (χ0n) is 11.5. The molecule has 3 N–H and O–H groups in total. The summed E-state index contributed by atoms with van der Waals surface area (Å²) < 4.78 is 13.4. The Morgan fingerprint density at radius 3 is 2.53 bits per heavy atom. The lowest BCUT2D eigenvalue weighted by Crippen LogP contribution is -2.52. The first-order chi connectivity index (χ1) is 8.91. The van der Waals surface area contributed by atoms with Crippen LogP contribution in [0.5, 0.6) is 0 Å². The molecule has 1 fully saturated rings. The van der Waals surface area contributed by atoms with Crippen molar-refractivity contribution < 1.29 is 9.18 Å². The van der Waals surface area contributed by atoms with E-state index in [1.54, 1.807) is 0 Å². The number of rotatable bonds is 3. The minimum absolute atomic E-state index is 0.300. The van der Waals surface area contributed by atoms with Crippen molar-refractivity contribution >= 4 is 11.6 Å². The first-order valence-electron chi connectivity index (χ1n) is 6.76. The van der Waals surface area contributed by atoms with E-state index in [4.69, 9.17) is 5.73 Å². The van der Waals surface area contributed by atoms with Gasteiger partial charge in [-0.25, -0.2) is 4.39 Å². The zero-order valence-corrected chi connectivity index (χ0v) is 11.5. The summed E-state index contributed by atoms with van der Waals surface area (Å²) in [5.74, 6) is -0.0314. The summed E-state index contributed by atoms with van der Waals surface area (Å²) >= 11 is 0. The van der Waals surface area contributed by atoms with Crippen LogP contribution >= 0.6 is 0 Å². The van der Waals surface area contributed by atoms with Crippen LogP contribution in [0.25, 0.3) is 0 Å². The Bertz CT molecular complexity index is 459. The fraction of sp³-hybridized carbons (Fsp3) is 0.533. The first kappa shape index (κ1) is 13.8. The number of hydrogen-bond acceptors (Lipinski definition) is 2. The van der Waals surface area contributed by atoms with Crippen LogP contribution in [0.4, 0.5) is 10.1 Å². The third-order valence-electron chi connectivity index (χ3n) is 4.03. The second kappa shape index (κ2) is 5.19. The summed E-state index contributed by atoms with van der Waals surface area (Å²) in [5.41, 5.74) is 6.30. The van der Waals surface area contributed by atoms with E-state index in [-0.39, 0.29) is 11.7 Å². The minimum atomic E-state index is -0.729. The fourth-order valence-electron chi connectivity index (χ4n) is 2.77. The van der Waals surface area contributed by atoms with E-state index in [1.807, 2.05) is 13.0 Å². The van der Waals surface area contributed by atoms with Crippen LogP contribution in [0.2, 0.25) is 0 Å². The lowest BCUT2D eigenvalue weighted by molar-refractivity contribution is -0.123. The SMILES string of the molecule is Cc1cc(F)cc(NC2(C(N)=O)CCC(C)CC2)c1. The van der Waals surface area contributed by atoms with E-state index in [9.17, 15) is 9.18 Å². The highest BCUT2D eigenvalue weighted by Crippen LogP contribution is 2.34. The molecule has 2 rings (SSSR count). The Labute approximate surface area is 113 Å². The van der Waals surface area contributed by atoms with Crippen LogP contribution in [0.15, 0.2) is 18.2 Å². The maximum Gasteiger partial charge on any atom is 0.243 e. The smallest absolute Gasteiger partial charge is 0.243 e. The van der Waals surface area contributed by atoms with Gasteiger partial charge in [0, 0.05) is 5.69 Å². The highest BCUT2D eigenvalue weighted by atomic mass is 19.1. The molecule has 1 saturated carbocycles. The molecule has 1 aromatic rings. The van der Waals surface area contributed by atoms with Gasteiger partial charge in [-0.2, -0.15) is 0 Å². The molecule has 19 heavy (non-hydrogen) atoms. The standard InChI is InChI=1S/C15H21FN2O/c1-10-3-5-15(6-4-10,14(17)19)18-13-8-11(2)7-12(16)9-13/h7-10,18H,3-6H2,1-2H3,(H2,17,19). The number of nitrogens with two attached hydrogens (primary N) is 1. The van der Waals surface area contributed by atoms with Crippen LogP contribution in [0, 0.1) is 18.7 Å². The van der Waals surface area contributed by atoms with Crippen LogP contribution in [-0.4, -0.2) is 11.4 Å². The maximum absolute atomic E-state index is 13.4. The number of aryl methyl sites for hydroxylation is 1. The summed E-state index contributed by atoms with van der Waals surface area (Å²) in [4.78, 5) is 11.8. The molecule has 0 saturated heterocycles. The zero-order chi connectivity index (χ0) is 14.0. The van der Waals surface area contributed by atoms with Crippen molar-refractivity contribution in [1.29, 1.82) is 0 Å². The van der Waals surface area contributed by atoms with Gasteiger partial charge in [-0.05, 0) is 62.3 Å². The van der Waals surface area contributed by atoms with E-state index in [0.29, 0.717) is 24.4 Å². The quantitative estimate of drug-likeness (QED) is 0.881. The molecule has 0 spiro atoms. The van der Waals surface area contributed by atoms with Crippen LogP contribution in [0.3, 0.4) is 0 Å². The minimum Gasteiger partial charge on any atom is -0.371 e. The molecular formula is C15H21FN2O. The number of carbonyl (C=O) groups excluding carboxylic acids is 1. The fourth-order valence-corrected chi connectivity index (χ4v) is 2.77. The second-order valence-electron chi connectivity index (χ2n) is 5.77.